The SMILES string of the molecule is CCOC(=O)c1ncnc(Nc2c3c(cc4c2CCC4)CCC3)n1. The normalized spacial score (nSPS) is 15.0. The molecule has 0 amide bonds. The number of hydrogen-bond acceptors (Lipinski definition) is 6. The van der Waals surface area contributed by atoms with E-state index in [9.17, 15) is 4.79 Å². The number of esters is 1. The van der Waals surface area contributed by atoms with Crippen LogP contribution in [0, 0.1) is 0 Å². The highest BCUT2D eigenvalue weighted by Gasteiger charge is 2.24. The second-order valence-electron chi connectivity index (χ2n) is 6.21. The van der Waals surface area contributed by atoms with Crippen LogP contribution in [0.5, 0.6) is 0 Å². The average Bonchev–Trinajstić information content (AvgIpc) is 3.24. The highest BCUT2D eigenvalue weighted by atomic mass is 16.5. The van der Waals surface area contributed by atoms with Crippen LogP contribution in [0.25, 0.3) is 0 Å². The zero-order chi connectivity index (χ0) is 16.5. The van der Waals surface area contributed by atoms with E-state index in [0.29, 0.717) is 12.6 Å². The standard InChI is InChI=1S/C18H20N4O2/c1-2-24-17(23)16-19-10-20-18(22-16)21-15-13-7-3-5-11(13)9-12-6-4-8-14(12)15/h9-10H,2-8H2,1H3,(H,19,20,21,22). The van der Waals surface area contributed by atoms with Crippen molar-refractivity contribution in [2.75, 3.05) is 11.9 Å². The molecule has 0 saturated heterocycles. The molecule has 0 unspecified atom stereocenters. The van der Waals surface area contributed by atoms with Crippen LogP contribution < -0.4 is 5.32 Å². The number of aromatic nitrogens is 3. The average molecular weight is 324 g/mol. The highest BCUT2D eigenvalue weighted by molar-refractivity contribution is 5.85. The van der Waals surface area contributed by atoms with Crippen molar-refractivity contribution in [3.05, 3.63) is 40.5 Å². The first-order valence-corrected chi connectivity index (χ1v) is 8.56. The third-order valence-electron chi connectivity index (χ3n) is 4.74. The Morgan fingerprint density at radius 3 is 2.50 bits per heavy atom. The van der Waals surface area contributed by atoms with E-state index in [4.69, 9.17) is 4.74 Å². The lowest BCUT2D eigenvalue weighted by atomic mass is 9.99. The molecule has 2 aliphatic carbocycles. The van der Waals surface area contributed by atoms with E-state index in [1.165, 1.54) is 41.4 Å². The molecule has 0 radical (unpaired) electrons. The van der Waals surface area contributed by atoms with Crippen molar-refractivity contribution >= 4 is 17.6 Å². The van der Waals surface area contributed by atoms with Gasteiger partial charge >= 0.3 is 5.97 Å². The first-order chi connectivity index (χ1) is 11.8. The Hall–Kier alpha value is -2.50. The number of hydrogen-bond donors (Lipinski definition) is 1. The molecule has 6 heteroatoms. The summed E-state index contributed by atoms with van der Waals surface area (Å²) < 4.78 is 4.96. The number of carbonyl (C=O) groups is 1. The number of rotatable bonds is 4. The Balaban J connectivity index is 1.69. The third kappa shape index (κ3) is 2.62. The van der Waals surface area contributed by atoms with E-state index >= 15 is 0 Å². The molecule has 6 nitrogen and oxygen atoms in total. The van der Waals surface area contributed by atoms with Crippen LogP contribution in [-0.4, -0.2) is 27.5 Å². The Bertz CT molecular complexity index is 772. The molecule has 0 bridgehead atoms. The molecule has 0 aliphatic heterocycles. The maximum Gasteiger partial charge on any atom is 0.376 e. The largest absolute Gasteiger partial charge is 0.460 e. The van der Waals surface area contributed by atoms with Crippen LogP contribution in [0.15, 0.2) is 12.4 Å². The molecule has 124 valence electrons. The molecular formula is C18H20N4O2. The predicted octanol–water partition coefficient (Wildman–Crippen LogP) is 2.77. The Labute approximate surface area is 140 Å². The number of fused-ring (bicyclic) bond motifs is 2. The topological polar surface area (TPSA) is 77.0 Å². The van der Waals surface area contributed by atoms with Crippen molar-refractivity contribution in [1.29, 1.82) is 0 Å². The molecule has 2 aliphatic rings. The van der Waals surface area contributed by atoms with Gasteiger partial charge in [0.05, 0.1) is 6.61 Å². The molecule has 0 fully saturated rings. The van der Waals surface area contributed by atoms with Crippen LogP contribution in [-0.2, 0) is 30.4 Å². The van der Waals surface area contributed by atoms with Gasteiger partial charge in [-0.15, -0.1) is 0 Å². The maximum absolute atomic E-state index is 11.8. The van der Waals surface area contributed by atoms with Gasteiger partial charge in [-0.05, 0) is 67.7 Å². The summed E-state index contributed by atoms with van der Waals surface area (Å²) in [7, 11) is 0. The van der Waals surface area contributed by atoms with E-state index in [-0.39, 0.29) is 5.82 Å². The van der Waals surface area contributed by atoms with Crippen molar-refractivity contribution < 1.29 is 9.53 Å². The smallest absolute Gasteiger partial charge is 0.376 e. The van der Waals surface area contributed by atoms with Crippen molar-refractivity contribution in [2.24, 2.45) is 0 Å². The van der Waals surface area contributed by atoms with Gasteiger partial charge in [0.1, 0.15) is 6.33 Å². The molecule has 1 aromatic heterocycles. The molecular weight excluding hydrogens is 304 g/mol. The second kappa shape index (κ2) is 6.19. The second-order valence-corrected chi connectivity index (χ2v) is 6.21. The summed E-state index contributed by atoms with van der Waals surface area (Å²) in [6.07, 6.45) is 8.19. The molecule has 0 atom stereocenters. The number of ether oxygens (including phenoxy) is 1. The van der Waals surface area contributed by atoms with Crippen molar-refractivity contribution in [2.45, 2.75) is 45.4 Å². The lowest BCUT2D eigenvalue weighted by molar-refractivity contribution is 0.0511. The Morgan fingerprint density at radius 1 is 1.12 bits per heavy atom. The van der Waals surface area contributed by atoms with E-state index < -0.39 is 5.97 Å². The number of nitrogens with zero attached hydrogens (tertiary/aromatic N) is 3. The van der Waals surface area contributed by atoms with Gasteiger partial charge in [-0.2, -0.15) is 4.98 Å². The fourth-order valence-electron chi connectivity index (χ4n) is 3.73. The van der Waals surface area contributed by atoms with E-state index in [1.54, 1.807) is 6.92 Å². The minimum absolute atomic E-state index is 0.0403. The van der Waals surface area contributed by atoms with Gasteiger partial charge in [0.15, 0.2) is 0 Å². The maximum atomic E-state index is 11.8. The van der Waals surface area contributed by atoms with Crippen molar-refractivity contribution in [3.8, 4) is 0 Å². The van der Waals surface area contributed by atoms with Gasteiger partial charge in [0.2, 0.25) is 11.8 Å². The van der Waals surface area contributed by atoms with Crippen LogP contribution in [0.1, 0.15) is 52.6 Å². The van der Waals surface area contributed by atoms with Crippen LogP contribution >= 0.6 is 0 Å². The minimum Gasteiger partial charge on any atom is -0.460 e. The third-order valence-corrected chi connectivity index (χ3v) is 4.74. The Morgan fingerprint density at radius 2 is 1.83 bits per heavy atom. The summed E-state index contributed by atoms with van der Waals surface area (Å²) in [4.78, 5) is 24.1. The quantitative estimate of drug-likeness (QED) is 0.872. The fraction of sp³-hybridized carbons (Fsp3) is 0.444. The monoisotopic (exact) mass is 324 g/mol. The van der Waals surface area contributed by atoms with Crippen LogP contribution in [0.3, 0.4) is 0 Å². The summed E-state index contributed by atoms with van der Waals surface area (Å²) >= 11 is 0. The number of nitrogens with one attached hydrogen (secondary N) is 1. The molecule has 1 aromatic carbocycles. The predicted molar refractivity (Wildman–Crippen MR) is 89.6 cm³/mol. The molecule has 24 heavy (non-hydrogen) atoms. The van der Waals surface area contributed by atoms with Gasteiger partial charge in [-0.1, -0.05) is 6.07 Å². The number of carbonyl (C=O) groups excluding carboxylic acids is 1. The van der Waals surface area contributed by atoms with Gasteiger partial charge < -0.3 is 10.1 Å². The van der Waals surface area contributed by atoms with Crippen LogP contribution in [0.2, 0.25) is 0 Å². The summed E-state index contributed by atoms with van der Waals surface area (Å²) in [6.45, 7) is 2.06. The van der Waals surface area contributed by atoms with Crippen molar-refractivity contribution in [3.63, 3.8) is 0 Å². The number of benzene rings is 1. The molecule has 4 rings (SSSR count). The summed E-state index contributed by atoms with van der Waals surface area (Å²) in [5, 5.41) is 3.37. The van der Waals surface area contributed by atoms with Gasteiger partial charge in [-0.3, -0.25) is 0 Å². The first kappa shape index (κ1) is 15.1. The molecule has 0 saturated carbocycles. The summed E-state index contributed by atoms with van der Waals surface area (Å²) in [5.74, 6) is -0.0764. The van der Waals surface area contributed by atoms with Gasteiger partial charge in [0.25, 0.3) is 0 Å². The fourth-order valence-corrected chi connectivity index (χ4v) is 3.73. The molecule has 1 heterocycles. The number of anilines is 2. The zero-order valence-corrected chi connectivity index (χ0v) is 13.8. The minimum atomic E-state index is -0.522. The summed E-state index contributed by atoms with van der Waals surface area (Å²) in [5.41, 5.74) is 6.80. The van der Waals surface area contributed by atoms with Crippen LogP contribution in [0.4, 0.5) is 11.6 Å². The van der Waals surface area contributed by atoms with Gasteiger partial charge in [-0.25, -0.2) is 14.8 Å². The lowest BCUT2D eigenvalue weighted by Gasteiger charge is -2.16. The molecule has 2 aromatic rings. The van der Waals surface area contributed by atoms with E-state index in [2.05, 4.69) is 26.3 Å². The zero-order valence-electron chi connectivity index (χ0n) is 13.8. The summed E-state index contributed by atoms with van der Waals surface area (Å²) in [6, 6.07) is 2.38. The van der Waals surface area contributed by atoms with E-state index in [0.717, 1.165) is 31.4 Å². The Kier molecular flexibility index (Phi) is 3.88. The lowest BCUT2D eigenvalue weighted by Crippen LogP contribution is -2.12. The molecule has 1 N–H and O–H groups in total. The molecule has 0 spiro atoms. The van der Waals surface area contributed by atoms with Gasteiger partial charge in [0, 0.05) is 5.69 Å². The van der Waals surface area contributed by atoms with E-state index in [1.807, 2.05) is 0 Å². The number of aryl methyl sites for hydroxylation is 2. The highest BCUT2D eigenvalue weighted by Crippen LogP contribution is 2.39. The first-order valence-electron chi connectivity index (χ1n) is 8.56. The van der Waals surface area contributed by atoms with Crippen molar-refractivity contribution in [1.82, 2.24) is 15.0 Å².